The van der Waals surface area contributed by atoms with Gasteiger partial charge in [0, 0.05) is 24.3 Å². The predicted molar refractivity (Wildman–Crippen MR) is 75.4 cm³/mol. The van der Waals surface area contributed by atoms with E-state index < -0.39 is 19.7 Å². The second-order valence-corrected chi connectivity index (χ2v) is 9.00. The van der Waals surface area contributed by atoms with E-state index in [4.69, 9.17) is 5.73 Å². The molecular formula is C12H19NO4S2. The summed E-state index contributed by atoms with van der Waals surface area (Å²) in [5, 5.41) is 0. The zero-order chi connectivity index (χ0) is 14.7. The number of rotatable bonds is 6. The highest BCUT2D eigenvalue weighted by molar-refractivity contribution is 7.90. The van der Waals surface area contributed by atoms with Crippen LogP contribution in [0.5, 0.6) is 0 Å². The van der Waals surface area contributed by atoms with Gasteiger partial charge in [-0.15, -0.1) is 0 Å². The standard InChI is InChI=1S/C12H19NO4S2/c1-18(14,15)9-3-4-12(13)10-5-7-11(8-6-10)19(2,16)17/h5-8,12H,3-4,9,13H2,1-2H3. The zero-order valence-corrected chi connectivity index (χ0v) is 12.7. The van der Waals surface area contributed by atoms with E-state index in [-0.39, 0.29) is 16.7 Å². The van der Waals surface area contributed by atoms with E-state index in [0.29, 0.717) is 12.8 Å². The number of benzene rings is 1. The Labute approximate surface area is 114 Å². The van der Waals surface area contributed by atoms with E-state index in [9.17, 15) is 16.8 Å². The van der Waals surface area contributed by atoms with Crippen molar-refractivity contribution in [1.82, 2.24) is 0 Å². The maximum atomic E-state index is 11.3. The fraction of sp³-hybridized carbons (Fsp3) is 0.500. The monoisotopic (exact) mass is 305 g/mol. The predicted octanol–water partition coefficient (Wildman–Crippen LogP) is 0.915. The summed E-state index contributed by atoms with van der Waals surface area (Å²) in [6.07, 6.45) is 3.38. The Morgan fingerprint density at radius 3 is 2.00 bits per heavy atom. The highest BCUT2D eigenvalue weighted by Gasteiger charge is 2.11. The largest absolute Gasteiger partial charge is 0.324 e. The van der Waals surface area contributed by atoms with E-state index in [1.165, 1.54) is 18.4 Å². The van der Waals surface area contributed by atoms with Crippen molar-refractivity contribution in [1.29, 1.82) is 0 Å². The van der Waals surface area contributed by atoms with Crippen LogP contribution >= 0.6 is 0 Å². The normalized spacial score (nSPS) is 14.3. The molecule has 1 aromatic rings. The first kappa shape index (κ1) is 16.1. The smallest absolute Gasteiger partial charge is 0.175 e. The van der Waals surface area contributed by atoms with Crippen molar-refractivity contribution in [3.05, 3.63) is 29.8 Å². The Morgan fingerprint density at radius 2 is 1.58 bits per heavy atom. The quantitative estimate of drug-likeness (QED) is 0.843. The Kier molecular flexibility index (Phi) is 5.11. The molecule has 19 heavy (non-hydrogen) atoms. The van der Waals surface area contributed by atoms with Crippen molar-refractivity contribution >= 4 is 19.7 Å². The molecule has 108 valence electrons. The molecule has 1 atom stereocenters. The average molecular weight is 305 g/mol. The lowest BCUT2D eigenvalue weighted by atomic mass is 10.0. The minimum Gasteiger partial charge on any atom is -0.324 e. The van der Waals surface area contributed by atoms with Crippen LogP contribution in [0.15, 0.2) is 29.2 Å². The lowest BCUT2D eigenvalue weighted by Gasteiger charge is -2.12. The molecule has 0 spiro atoms. The van der Waals surface area contributed by atoms with Gasteiger partial charge >= 0.3 is 0 Å². The van der Waals surface area contributed by atoms with Crippen LogP contribution in [0.4, 0.5) is 0 Å². The van der Waals surface area contributed by atoms with Crippen LogP contribution in [-0.2, 0) is 19.7 Å². The third-order valence-electron chi connectivity index (χ3n) is 2.77. The van der Waals surface area contributed by atoms with Crippen molar-refractivity contribution in [2.24, 2.45) is 5.73 Å². The molecule has 0 heterocycles. The van der Waals surface area contributed by atoms with Crippen molar-refractivity contribution in [3.63, 3.8) is 0 Å². The summed E-state index contributed by atoms with van der Waals surface area (Å²) in [7, 11) is -6.16. The Bertz CT molecular complexity index is 618. The highest BCUT2D eigenvalue weighted by Crippen LogP contribution is 2.18. The Morgan fingerprint density at radius 1 is 1.05 bits per heavy atom. The van der Waals surface area contributed by atoms with Gasteiger partial charge < -0.3 is 5.73 Å². The summed E-state index contributed by atoms with van der Waals surface area (Å²) < 4.78 is 44.6. The molecule has 7 heteroatoms. The molecule has 0 bridgehead atoms. The molecule has 0 saturated carbocycles. The Hall–Kier alpha value is -0.920. The van der Waals surface area contributed by atoms with E-state index in [2.05, 4.69) is 0 Å². The van der Waals surface area contributed by atoms with Crippen molar-refractivity contribution in [2.45, 2.75) is 23.8 Å². The molecule has 1 aromatic carbocycles. The fourth-order valence-electron chi connectivity index (χ4n) is 1.69. The van der Waals surface area contributed by atoms with Gasteiger partial charge in [0.25, 0.3) is 0 Å². The van der Waals surface area contributed by atoms with Gasteiger partial charge in [-0.05, 0) is 30.5 Å². The van der Waals surface area contributed by atoms with Crippen LogP contribution < -0.4 is 5.73 Å². The summed E-state index contributed by atoms with van der Waals surface area (Å²) >= 11 is 0. The molecule has 1 rings (SSSR count). The first-order chi connectivity index (χ1) is 8.59. The summed E-state index contributed by atoms with van der Waals surface area (Å²) in [5.74, 6) is 0.113. The third-order valence-corrected chi connectivity index (χ3v) is 4.93. The average Bonchev–Trinajstić information content (AvgIpc) is 2.26. The highest BCUT2D eigenvalue weighted by atomic mass is 32.2. The first-order valence-corrected chi connectivity index (χ1v) is 9.78. The van der Waals surface area contributed by atoms with Crippen LogP contribution in [-0.4, -0.2) is 35.1 Å². The molecule has 0 fully saturated rings. The van der Waals surface area contributed by atoms with Crippen molar-refractivity contribution < 1.29 is 16.8 Å². The van der Waals surface area contributed by atoms with Crippen LogP contribution in [0.25, 0.3) is 0 Å². The van der Waals surface area contributed by atoms with Gasteiger partial charge in [-0.25, -0.2) is 16.8 Å². The van der Waals surface area contributed by atoms with Crippen LogP contribution in [0.3, 0.4) is 0 Å². The molecular weight excluding hydrogens is 286 g/mol. The van der Waals surface area contributed by atoms with E-state index in [0.717, 1.165) is 11.8 Å². The Balaban J connectivity index is 2.66. The first-order valence-electron chi connectivity index (χ1n) is 5.83. The minimum absolute atomic E-state index is 0.113. The molecule has 2 N–H and O–H groups in total. The molecule has 5 nitrogen and oxygen atoms in total. The van der Waals surface area contributed by atoms with Crippen LogP contribution in [0.1, 0.15) is 24.4 Å². The summed E-state index contributed by atoms with van der Waals surface area (Å²) in [6.45, 7) is 0. The molecule has 0 aliphatic carbocycles. The number of nitrogens with two attached hydrogens (primary N) is 1. The summed E-state index contributed by atoms with van der Waals surface area (Å²) in [4.78, 5) is 0.250. The van der Waals surface area contributed by atoms with Gasteiger partial charge in [0.05, 0.1) is 4.90 Å². The maximum absolute atomic E-state index is 11.3. The zero-order valence-electron chi connectivity index (χ0n) is 11.0. The number of hydrogen-bond donors (Lipinski definition) is 1. The van der Waals surface area contributed by atoms with Gasteiger partial charge in [-0.3, -0.25) is 0 Å². The molecule has 0 radical (unpaired) electrons. The second kappa shape index (κ2) is 6.02. The van der Waals surface area contributed by atoms with Gasteiger partial charge in [-0.1, -0.05) is 12.1 Å². The van der Waals surface area contributed by atoms with Gasteiger partial charge in [0.1, 0.15) is 9.84 Å². The van der Waals surface area contributed by atoms with Gasteiger partial charge in [-0.2, -0.15) is 0 Å². The lowest BCUT2D eigenvalue weighted by Crippen LogP contribution is -2.13. The molecule has 0 amide bonds. The van der Waals surface area contributed by atoms with E-state index in [1.807, 2.05) is 0 Å². The molecule has 1 unspecified atom stereocenters. The number of sulfone groups is 2. The van der Waals surface area contributed by atoms with Crippen molar-refractivity contribution in [2.75, 3.05) is 18.3 Å². The van der Waals surface area contributed by atoms with Gasteiger partial charge in [0.15, 0.2) is 9.84 Å². The molecule has 0 aromatic heterocycles. The molecule has 0 saturated heterocycles. The SMILES string of the molecule is CS(=O)(=O)CCCC(N)c1ccc(S(C)(=O)=O)cc1. The summed E-state index contributed by atoms with van der Waals surface area (Å²) in [5.41, 5.74) is 6.75. The maximum Gasteiger partial charge on any atom is 0.175 e. The topological polar surface area (TPSA) is 94.3 Å². The van der Waals surface area contributed by atoms with E-state index in [1.54, 1.807) is 12.1 Å². The van der Waals surface area contributed by atoms with Crippen LogP contribution in [0.2, 0.25) is 0 Å². The van der Waals surface area contributed by atoms with Gasteiger partial charge in [0.2, 0.25) is 0 Å². The number of hydrogen-bond acceptors (Lipinski definition) is 5. The third kappa shape index (κ3) is 5.71. The van der Waals surface area contributed by atoms with E-state index >= 15 is 0 Å². The summed E-state index contributed by atoms with van der Waals surface area (Å²) in [6, 6.07) is 6.08. The fourth-order valence-corrected chi connectivity index (χ4v) is 3.02. The molecule has 0 aliphatic heterocycles. The molecule has 0 aliphatic rings. The van der Waals surface area contributed by atoms with Crippen molar-refractivity contribution in [3.8, 4) is 0 Å². The van der Waals surface area contributed by atoms with Crippen LogP contribution in [0, 0.1) is 0 Å². The minimum atomic E-state index is -3.20. The lowest BCUT2D eigenvalue weighted by molar-refractivity contribution is 0.587. The second-order valence-electron chi connectivity index (χ2n) is 4.72.